The van der Waals surface area contributed by atoms with Crippen LogP contribution in [0.2, 0.25) is 0 Å². The van der Waals surface area contributed by atoms with Gasteiger partial charge in [0.2, 0.25) is 10.0 Å². The number of aryl methyl sites for hydroxylation is 2. The van der Waals surface area contributed by atoms with Crippen LogP contribution in [-0.2, 0) is 14.8 Å². The lowest BCUT2D eigenvalue weighted by Crippen LogP contribution is -2.32. The molecule has 1 aromatic rings. The van der Waals surface area contributed by atoms with Crippen LogP contribution in [0.4, 0.5) is 0 Å². The van der Waals surface area contributed by atoms with Gasteiger partial charge < -0.3 is 9.47 Å². The molecule has 1 heterocycles. The van der Waals surface area contributed by atoms with Crippen LogP contribution in [0.5, 0.6) is 5.75 Å². The van der Waals surface area contributed by atoms with E-state index in [0.29, 0.717) is 41.9 Å². The molecule has 0 saturated carbocycles. The van der Waals surface area contributed by atoms with Gasteiger partial charge in [-0.2, -0.15) is 0 Å². The molecule has 1 saturated heterocycles. The van der Waals surface area contributed by atoms with Crippen LogP contribution in [0.3, 0.4) is 0 Å². The second-order valence-corrected chi connectivity index (χ2v) is 7.23. The monoisotopic (exact) mass is 313 g/mol. The molecule has 21 heavy (non-hydrogen) atoms. The predicted octanol–water partition coefficient (Wildman–Crippen LogP) is 2.02. The largest absolute Gasteiger partial charge is 0.496 e. The van der Waals surface area contributed by atoms with E-state index in [-0.39, 0.29) is 0 Å². The van der Waals surface area contributed by atoms with Gasteiger partial charge in [0.15, 0.2) is 0 Å². The average Bonchev–Trinajstić information content (AvgIpc) is 2.48. The normalized spacial score (nSPS) is 16.9. The summed E-state index contributed by atoms with van der Waals surface area (Å²) in [5.74, 6) is 1.06. The summed E-state index contributed by atoms with van der Waals surface area (Å²) in [6, 6.07) is 3.43. The van der Waals surface area contributed by atoms with Crippen LogP contribution in [0, 0.1) is 19.8 Å². The van der Waals surface area contributed by atoms with E-state index in [1.807, 2.05) is 6.92 Å². The Morgan fingerprint density at radius 1 is 1.24 bits per heavy atom. The molecule has 1 N–H and O–H groups in total. The van der Waals surface area contributed by atoms with Crippen molar-refractivity contribution in [3.05, 3.63) is 23.3 Å². The molecule has 0 unspecified atom stereocenters. The highest BCUT2D eigenvalue weighted by molar-refractivity contribution is 7.89. The number of sulfonamides is 1. The van der Waals surface area contributed by atoms with Crippen LogP contribution >= 0.6 is 0 Å². The number of nitrogens with one attached hydrogen (secondary N) is 1. The standard InChI is InChI=1S/C15H23NO4S/c1-11-9-15(12(2)8-14(11)19-3)21(17,18)16-10-13-4-6-20-7-5-13/h8-9,13,16H,4-7,10H2,1-3H3. The molecular formula is C15H23NO4S. The smallest absolute Gasteiger partial charge is 0.240 e. The molecule has 0 bridgehead atoms. The fourth-order valence-electron chi connectivity index (χ4n) is 2.53. The first-order chi connectivity index (χ1) is 9.94. The predicted molar refractivity (Wildman–Crippen MR) is 81.2 cm³/mol. The van der Waals surface area contributed by atoms with Crippen LogP contribution < -0.4 is 9.46 Å². The number of ether oxygens (including phenoxy) is 2. The van der Waals surface area contributed by atoms with Crippen molar-refractivity contribution in [3.63, 3.8) is 0 Å². The zero-order chi connectivity index (χ0) is 15.5. The summed E-state index contributed by atoms with van der Waals surface area (Å²) in [7, 11) is -1.90. The van der Waals surface area contributed by atoms with Gasteiger partial charge in [0.25, 0.3) is 0 Å². The number of benzene rings is 1. The molecule has 1 fully saturated rings. The lowest BCUT2D eigenvalue weighted by atomic mass is 10.0. The fourth-order valence-corrected chi connectivity index (χ4v) is 3.95. The molecule has 1 aliphatic heterocycles. The van der Waals surface area contributed by atoms with Crippen LogP contribution in [-0.4, -0.2) is 35.3 Å². The minimum absolute atomic E-state index is 0.327. The van der Waals surface area contributed by atoms with Gasteiger partial charge in [-0.1, -0.05) is 0 Å². The zero-order valence-electron chi connectivity index (χ0n) is 12.8. The first-order valence-corrected chi connectivity index (χ1v) is 8.65. The van der Waals surface area contributed by atoms with Gasteiger partial charge in [0.05, 0.1) is 12.0 Å². The molecular weight excluding hydrogens is 290 g/mol. The molecule has 1 aliphatic rings. The Hall–Kier alpha value is -1.11. The van der Waals surface area contributed by atoms with E-state index in [0.717, 1.165) is 18.4 Å². The SMILES string of the molecule is COc1cc(C)c(S(=O)(=O)NCC2CCOCC2)cc1C. The molecule has 0 amide bonds. The van der Waals surface area contributed by atoms with Crippen molar-refractivity contribution in [2.45, 2.75) is 31.6 Å². The third-order valence-corrected chi connectivity index (χ3v) is 5.45. The summed E-state index contributed by atoms with van der Waals surface area (Å²) in [6.45, 7) is 5.52. The van der Waals surface area contributed by atoms with Gasteiger partial charge in [-0.15, -0.1) is 0 Å². The molecule has 2 rings (SSSR count). The van der Waals surface area contributed by atoms with Crippen molar-refractivity contribution < 1.29 is 17.9 Å². The second-order valence-electron chi connectivity index (χ2n) is 5.49. The van der Waals surface area contributed by atoms with Crippen molar-refractivity contribution in [1.82, 2.24) is 4.72 Å². The van der Waals surface area contributed by atoms with Gasteiger partial charge in [-0.25, -0.2) is 13.1 Å². The van der Waals surface area contributed by atoms with E-state index in [2.05, 4.69) is 4.72 Å². The lowest BCUT2D eigenvalue weighted by molar-refractivity contribution is 0.0678. The van der Waals surface area contributed by atoms with Crippen molar-refractivity contribution in [1.29, 1.82) is 0 Å². The van der Waals surface area contributed by atoms with E-state index < -0.39 is 10.0 Å². The van der Waals surface area contributed by atoms with Crippen molar-refractivity contribution >= 4 is 10.0 Å². The van der Waals surface area contributed by atoms with Gasteiger partial charge in [-0.05, 0) is 55.9 Å². The topological polar surface area (TPSA) is 64.6 Å². The van der Waals surface area contributed by atoms with E-state index >= 15 is 0 Å². The molecule has 118 valence electrons. The molecule has 0 aromatic heterocycles. The van der Waals surface area contributed by atoms with Gasteiger partial charge in [0, 0.05) is 19.8 Å². The van der Waals surface area contributed by atoms with Gasteiger partial charge in [0.1, 0.15) is 5.75 Å². The number of hydrogen-bond acceptors (Lipinski definition) is 4. The third kappa shape index (κ3) is 3.96. The Balaban J connectivity index is 2.13. The molecule has 0 aliphatic carbocycles. The summed E-state index contributed by atoms with van der Waals surface area (Å²) in [6.07, 6.45) is 1.81. The lowest BCUT2D eigenvalue weighted by Gasteiger charge is -2.22. The maximum absolute atomic E-state index is 12.5. The molecule has 1 aromatic carbocycles. The third-order valence-electron chi connectivity index (χ3n) is 3.88. The van der Waals surface area contributed by atoms with E-state index in [9.17, 15) is 8.42 Å². The molecule has 0 radical (unpaired) electrons. The number of hydrogen-bond donors (Lipinski definition) is 1. The van der Waals surface area contributed by atoms with Crippen molar-refractivity contribution in [2.24, 2.45) is 5.92 Å². The molecule has 6 heteroatoms. The van der Waals surface area contributed by atoms with Gasteiger partial charge in [-0.3, -0.25) is 0 Å². The molecule has 0 atom stereocenters. The summed E-state index contributed by atoms with van der Waals surface area (Å²) in [4.78, 5) is 0.327. The zero-order valence-corrected chi connectivity index (χ0v) is 13.6. The Morgan fingerprint density at radius 2 is 1.90 bits per heavy atom. The van der Waals surface area contributed by atoms with Crippen molar-refractivity contribution in [2.75, 3.05) is 26.9 Å². The average molecular weight is 313 g/mol. The Kier molecular flexibility index (Phi) is 5.24. The maximum Gasteiger partial charge on any atom is 0.240 e. The molecule has 5 nitrogen and oxygen atoms in total. The van der Waals surface area contributed by atoms with E-state index in [1.54, 1.807) is 26.2 Å². The second kappa shape index (κ2) is 6.77. The summed E-state index contributed by atoms with van der Waals surface area (Å²) in [5.41, 5.74) is 1.51. The number of methoxy groups -OCH3 is 1. The van der Waals surface area contributed by atoms with Gasteiger partial charge >= 0.3 is 0 Å². The van der Waals surface area contributed by atoms with Crippen LogP contribution in [0.1, 0.15) is 24.0 Å². The maximum atomic E-state index is 12.5. The quantitative estimate of drug-likeness (QED) is 0.903. The Morgan fingerprint density at radius 3 is 2.52 bits per heavy atom. The van der Waals surface area contributed by atoms with E-state index in [4.69, 9.17) is 9.47 Å². The van der Waals surface area contributed by atoms with Crippen LogP contribution in [0.15, 0.2) is 17.0 Å². The minimum Gasteiger partial charge on any atom is -0.496 e. The highest BCUT2D eigenvalue weighted by atomic mass is 32.2. The Labute approximate surface area is 126 Å². The highest BCUT2D eigenvalue weighted by Crippen LogP contribution is 2.25. The summed E-state index contributed by atoms with van der Waals surface area (Å²) >= 11 is 0. The first kappa shape index (κ1) is 16.3. The highest BCUT2D eigenvalue weighted by Gasteiger charge is 2.21. The fraction of sp³-hybridized carbons (Fsp3) is 0.600. The number of rotatable bonds is 5. The Bertz CT molecular complexity index is 592. The minimum atomic E-state index is -3.48. The van der Waals surface area contributed by atoms with Crippen LogP contribution in [0.25, 0.3) is 0 Å². The summed E-state index contributed by atoms with van der Waals surface area (Å²) < 4.78 is 38.2. The van der Waals surface area contributed by atoms with Crippen molar-refractivity contribution in [3.8, 4) is 5.75 Å². The van der Waals surface area contributed by atoms with E-state index in [1.165, 1.54) is 0 Å². The summed E-state index contributed by atoms with van der Waals surface area (Å²) in [5, 5.41) is 0. The molecule has 0 spiro atoms. The first-order valence-electron chi connectivity index (χ1n) is 7.16.